The molecule has 0 spiro atoms. The summed E-state index contributed by atoms with van der Waals surface area (Å²) in [6.07, 6.45) is 2.96. The third-order valence-electron chi connectivity index (χ3n) is 4.01. The van der Waals surface area contributed by atoms with Gasteiger partial charge in [0.05, 0.1) is 12.2 Å². The Morgan fingerprint density at radius 1 is 1.23 bits per heavy atom. The lowest BCUT2D eigenvalue weighted by Gasteiger charge is -2.45. The molecule has 1 aliphatic heterocycles. The molecule has 1 rings (SSSR count). The number of ether oxygens (including phenoxy) is 1. The van der Waals surface area contributed by atoms with Crippen molar-refractivity contribution in [1.29, 1.82) is 0 Å². The fourth-order valence-electron chi connectivity index (χ4n) is 2.69. The normalized spacial score (nSPS) is 23.8. The van der Waals surface area contributed by atoms with E-state index in [1.54, 1.807) is 0 Å². The van der Waals surface area contributed by atoms with E-state index in [9.17, 15) is 0 Å². The zero-order valence-corrected chi connectivity index (χ0v) is 17.4. The molecule has 132 valence electrons. The number of nitrogens with zero attached hydrogens (tertiary/aromatic N) is 2. The van der Waals surface area contributed by atoms with Gasteiger partial charge in [-0.1, -0.05) is 13.3 Å². The largest absolute Gasteiger partial charge is 0.373 e. The quantitative estimate of drug-likeness (QED) is 0.297. The Hall–Kier alpha value is -0.0800. The highest BCUT2D eigenvalue weighted by Gasteiger charge is 2.33. The van der Waals surface area contributed by atoms with Crippen LogP contribution < -0.4 is 10.6 Å². The second-order valence-electron chi connectivity index (χ2n) is 6.68. The predicted octanol–water partition coefficient (Wildman–Crippen LogP) is 2.46. The summed E-state index contributed by atoms with van der Waals surface area (Å²) >= 11 is 0. The van der Waals surface area contributed by atoms with E-state index >= 15 is 0 Å². The van der Waals surface area contributed by atoms with Crippen molar-refractivity contribution in [2.75, 3.05) is 33.2 Å². The lowest BCUT2D eigenvalue weighted by molar-refractivity contribution is -0.0946. The molecule has 1 heterocycles. The molecule has 22 heavy (non-hydrogen) atoms. The first-order valence-corrected chi connectivity index (χ1v) is 8.24. The van der Waals surface area contributed by atoms with Crippen LogP contribution in [0.5, 0.6) is 0 Å². The van der Waals surface area contributed by atoms with Crippen LogP contribution in [0.2, 0.25) is 0 Å². The highest BCUT2D eigenvalue weighted by Crippen LogP contribution is 2.20. The van der Waals surface area contributed by atoms with E-state index < -0.39 is 0 Å². The SMILES string of the molecule is CCCCNC(=NC)NCC(C)(C)N1CC(C)OC(C)C1.I. The summed E-state index contributed by atoms with van der Waals surface area (Å²) in [5, 5.41) is 6.81. The molecule has 0 aromatic heterocycles. The second kappa shape index (κ2) is 10.6. The summed E-state index contributed by atoms with van der Waals surface area (Å²) in [5.74, 6) is 0.894. The maximum absolute atomic E-state index is 5.83. The van der Waals surface area contributed by atoms with Crippen LogP contribution in [0.1, 0.15) is 47.5 Å². The van der Waals surface area contributed by atoms with E-state index in [4.69, 9.17) is 4.74 Å². The first kappa shape index (κ1) is 21.9. The van der Waals surface area contributed by atoms with Crippen LogP contribution in [0, 0.1) is 0 Å². The molecule has 2 unspecified atom stereocenters. The van der Waals surface area contributed by atoms with E-state index in [2.05, 4.69) is 55.1 Å². The number of rotatable bonds is 6. The summed E-state index contributed by atoms with van der Waals surface area (Å²) in [6.45, 7) is 14.9. The molecule has 1 saturated heterocycles. The number of halogens is 1. The Morgan fingerprint density at radius 3 is 2.32 bits per heavy atom. The summed E-state index contributed by atoms with van der Waals surface area (Å²) in [7, 11) is 1.83. The van der Waals surface area contributed by atoms with Gasteiger partial charge in [-0.25, -0.2) is 0 Å². The number of nitrogens with one attached hydrogen (secondary N) is 2. The number of hydrogen-bond donors (Lipinski definition) is 2. The minimum Gasteiger partial charge on any atom is -0.373 e. The van der Waals surface area contributed by atoms with E-state index in [1.807, 2.05) is 7.05 Å². The molecular weight excluding hydrogens is 391 g/mol. The molecule has 6 heteroatoms. The van der Waals surface area contributed by atoms with E-state index in [0.29, 0.717) is 12.2 Å². The van der Waals surface area contributed by atoms with Crippen molar-refractivity contribution in [2.45, 2.75) is 65.2 Å². The van der Waals surface area contributed by atoms with Gasteiger partial charge in [-0.2, -0.15) is 0 Å². The summed E-state index contributed by atoms with van der Waals surface area (Å²) < 4.78 is 5.83. The molecular formula is C16H35IN4O. The summed E-state index contributed by atoms with van der Waals surface area (Å²) in [5.41, 5.74) is 0.0781. The lowest BCUT2D eigenvalue weighted by Crippen LogP contribution is -2.59. The van der Waals surface area contributed by atoms with Crippen LogP contribution in [0.3, 0.4) is 0 Å². The smallest absolute Gasteiger partial charge is 0.191 e. The molecule has 5 nitrogen and oxygen atoms in total. The van der Waals surface area contributed by atoms with Crippen molar-refractivity contribution in [1.82, 2.24) is 15.5 Å². The zero-order chi connectivity index (χ0) is 15.9. The number of hydrogen-bond acceptors (Lipinski definition) is 3. The van der Waals surface area contributed by atoms with Crippen LogP contribution in [-0.2, 0) is 4.74 Å². The van der Waals surface area contributed by atoms with Gasteiger partial charge in [0.1, 0.15) is 0 Å². The first-order valence-electron chi connectivity index (χ1n) is 8.24. The Labute approximate surface area is 153 Å². The fraction of sp³-hybridized carbons (Fsp3) is 0.938. The Balaban J connectivity index is 0.00000441. The molecule has 2 N–H and O–H groups in total. The highest BCUT2D eigenvalue weighted by atomic mass is 127. The predicted molar refractivity (Wildman–Crippen MR) is 105 cm³/mol. The van der Waals surface area contributed by atoms with E-state index in [0.717, 1.165) is 32.1 Å². The molecule has 0 amide bonds. The fourth-order valence-corrected chi connectivity index (χ4v) is 2.69. The average molecular weight is 426 g/mol. The molecule has 0 aromatic rings. The van der Waals surface area contributed by atoms with E-state index in [-0.39, 0.29) is 29.5 Å². The third-order valence-corrected chi connectivity index (χ3v) is 4.01. The number of aliphatic imine (C=N–C) groups is 1. The molecule has 0 bridgehead atoms. The van der Waals surface area contributed by atoms with E-state index in [1.165, 1.54) is 12.8 Å². The van der Waals surface area contributed by atoms with Crippen molar-refractivity contribution in [3.8, 4) is 0 Å². The maximum Gasteiger partial charge on any atom is 0.191 e. The van der Waals surface area contributed by atoms with Gasteiger partial charge in [0, 0.05) is 38.8 Å². The monoisotopic (exact) mass is 426 g/mol. The zero-order valence-electron chi connectivity index (χ0n) is 15.1. The molecule has 0 saturated carbocycles. The van der Waals surface area contributed by atoms with Gasteiger partial charge in [-0.15, -0.1) is 24.0 Å². The van der Waals surface area contributed by atoms with Gasteiger partial charge in [0.2, 0.25) is 0 Å². The molecule has 0 radical (unpaired) electrons. The average Bonchev–Trinajstić information content (AvgIpc) is 2.41. The molecule has 0 aliphatic carbocycles. The van der Waals surface area contributed by atoms with Gasteiger partial charge < -0.3 is 15.4 Å². The number of morpholine rings is 1. The van der Waals surface area contributed by atoms with Crippen molar-refractivity contribution in [3.05, 3.63) is 0 Å². The molecule has 1 fully saturated rings. The second-order valence-corrected chi connectivity index (χ2v) is 6.68. The lowest BCUT2D eigenvalue weighted by atomic mass is 10.00. The minimum absolute atomic E-state index is 0. The summed E-state index contributed by atoms with van der Waals surface area (Å²) in [6, 6.07) is 0. The van der Waals surface area contributed by atoms with Gasteiger partial charge in [0.15, 0.2) is 5.96 Å². The number of unbranched alkanes of at least 4 members (excludes halogenated alkanes) is 1. The first-order chi connectivity index (χ1) is 9.89. The standard InChI is InChI=1S/C16H34N4O.HI/c1-7-8-9-18-15(17-6)19-12-16(4,5)20-10-13(2)21-14(3)11-20;/h13-14H,7-12H2,1-6H3,(H2,17,18,19);1H. The van der Waals surface area contributed by atoms with Crippen molar-refractivity contribution >= 4 is 29.9 Å². The van der Waals surface area contributed by atoms with Gasteiger partial charge >= 0.3 is 0 Å². The van der Waals surface area contributed by atoms with Crippen LogP contribution >= 0.6 is 24.0 Å². The van der Waals surface area contributed by atoms with Gasteiger partial charge in [-0.05, 0) is 34.1 Å². The Bertz CT molecular complexity index is 326. The van der Waals surface area contributed by atoms with Crippen LogP contribution in [0.4, 0.5) is 0 Å². The van der Waals surface area contributed by atoms with Crippen molar-refractivity contribution in [2.24, 2.45) is 4.99 Å². The van der Waals surface area contributed by atoms with Gasteiger partial charge in [0.25, 0.3) is 0 Å². The van der Waals surface area contributed by atoms with Crippen LogP contribution in [0.25, 0.3) is 0 Å². The third kappa shape index (κ3) is 7.46. The van der Waals surface area contributed by atoms with Gasteiger partial charge in [-0.3, -0.25) is 9.89 Å². The van der Waals surface area contributed by atoms with Crippen LogP contribution in [-0.4, -0.2) is 61.8 Å². The van der Waals surface area contributed by atoms with Crippen LogP contribution in [0.15, 0.2) is 4.99 Å². The molecule has 0 aromatic carbocycles. The number of guanidine groups is 1. The minimum atomic E-state index is 0. The Morgan fingerprint density at radius 2 is 1.82 bits per heavy atom. The topological polar surface area (TPSA) is 48.9 Å². The maximum atomic E-state index is 5.83. The van der Waals surface area contributed by atoms with Crippen molar-refractivity contribution < 1.29 is 4.74 Å². The summed E-state index contributed by atoms with van der Waals surface area (Å²) in [4.78, 5) is 6.80. The Kier molecular flexibility index (Phi) is 10.6. The highest BCUT2D eigenvalue weighted by molar-refractivity contribution is 14.0. The van der Waals surface area contributed by atoms with Crippen molar-refractivity contribution in [3.63, 3.8) is 0 Å². The molecule has 2 atom stereocenters. The molecule has 1 aliphatic rings.